The highest BCUT2D eigenvalue weighted by Crippen LogP contribution is 2.37. The second kappa shape index (κ2) is 10.4. The van der Waals surface area contributed by atoms with E-state index in [1.807, 2.05) is 43.0 Å². The fourth-order valence-corrected chi connectivity index (χ4v) is 6.85. The summed E-state index contributed by atoms with van der Waals surface area (Å²) < 4.78 is 33.6. The van der Waals surface area contributed by atoms with Crippen LogP contribution >= 0.6 is 24.0 Å². The molecule has 0 unspecified atom stereocenters. The largest absolute Gasteiger partial charge is 0.420 e. The summed E-state index contributed by atoms with van der Waals surface area (Å²) in [5.74, 6) is 0.0417. The summed E-state index contributed by atoms with van der Waals surface area (Å²) in [6, 6.07) is 14.6. The van der Waals surface area contributed by atoms with Gasteiger partial charge in [-0.2, -0.15) is 4.98 Å². The van der Waals surface area contributed by atoms with Crippen LogP contribution in [0, 0.1) is 13.8 Å². The van der Waals surface area contributed by atoms with Crippen molar-refractivity contribution in [1.29, 1.82) is 0 Å². The average molecular weight is 554 g/mol. The van der Waals surface area contributed by atoms with Crippen LogP contribution in [0.4, 0.5) is 5.88 Å². The molecule has 2 saturated heterocycles. The van der Waals surface area contributed by atoms with Crippen LogP contribution in [-0.4, -0.2) is 41.6 Å². The molecule has 2 fully saturated rings. The van der Waals surface area contributed by atoms with Gasteiger partial charge in [-0.25, -0.2) is 8.42 Å². The summed E-state index contributed by atoms with van der Waals surface area (Å²) in [5, 5.41) is -0.125. The lowest BCUT2D eigenvalue weighted by Gasteiger charge is -2.26. The third-order valence-corrected chi connectivity index (χ3v) is 9.46. The maximum atomic E-state index is 13.6. The van der Waals surface area contributed by atoms with Crippen molar-refractivity contribution in [1.82, 2.24) is 9.88 Å². The van der Waals surface area contributed by atoms with E-state index in [1.165, 1.54) is 11.0 Å². The van der Waals surface area contributed by atoms with E-state index in [4.69, 9.17) is 16.6 Å². The van der Waals surface area contributed by atoms with E-state index in [-0.39, 0.29) is 27.6 Å². The summed E-state index contributed by atoms with van der Waals surface area (Å²) in [6.07, 6.45) is 4.46. The second-order valence-corrected chi connectivity index (χ2v) is 12.8. The van der Waals surface area contributed by atoms with E-state index in [0.717, 1.165) is 47.7 Å². The molecule has 10 heteroatoms. The molecule has 3 aromatic rings. The molecule has 192 valence electrons. The molecular formula is C27H27N3O4S3. The van der Waals surface area contributed by atoms with E-state index in [1.54, 1.807) is 24.3 Å². The smallest absolute Gasteiger partial charge is 0.266 e. The predicted molar refractivity (Wildman–Crippen MR) is 149 cm³/mol. The normalized spacial score (nSPS) is 17.7. The van der Waals surface area contributed by atoms with Gasteiger partial charge in [0, 0.05) is 19.2 Å². The summed E-state index contributed by atoms with van der Waals surface area (Å²) in [7, 11) is -3.93. The van der Waals surface area contributed by atoms with Crippen molar-refractivity contribution >= 4 is 56.0 Å². The maximum Gasteiger partial charge on any atom is 0.266 e. The van der Waals surface area contributed by atoms with E-state index in [9.17, 15) is 13.2 Å². The number of nitrogens with zero attached hydrogens (tertiary/aromatic N) is 3. The minimum atomic E-state index is -3.93. The Hall–Kier alpha value is -2.95. The van der Waals surface area contributed by atoms with Crippen LogP contribution in [0.5, 0.6) is 0 Å². The number of benzene rings is 2. The van der Waals surface area contributed by atoms with Gasteiger partial charge in [0.25, 0.3) is 5.91 Å². The molecule has 1 amide bonds. The number of rotatable bonds is 6. The van der Waals surface area contributed by atoms with Crippen LogP contribution in [0.1, 0.15) is 41.8 Å². The minimum Gasteiger partial charge on any atom is -0.420 e. The lowest BCUT2D eigenvalue weighted by Crippen LogP contribution is -2.30. The molecule has 0 aliphatic carbocycles. The zero-order valence-electron chi connectivity index (χ0n) is 20.6. The maximum absolute atomic E-state index is 13.6. The van der Waals surface area contributed by atoms with Crippen LogP contribution < -0.4 is 4.90 Å². The van der Waals surface area contributed by atoms with Gasteiger partial charge in [-0.3, -0.25) is 9.69 Å². The molecule has 0 radical (unpaired) electrons. The zero-order chi connectivity index (χ0) is 26.2. The van der Waals surface area contributed by atoms with Gasteiger partial charge in [0.1, 0.15) is 4.32 Å². The zero-order valence-corrected chi connectivity index (χ0v) is 23.1. The van der Waals surface area contributed by atoms with Gasteiger partial charge in [0.05, 0.1) is 16.3 Å². The van der Waals surface area contributed by atoms with Gasteiger partial charge in [-0.15, -0.1) is 0 Å². The number of aromatic nitrogens is 1. The molecule has 3 heterocycles. The van der Waals surface area contributed by atoms with E-state index in [2.05, 4.69) is 4.98 Å². The second-order valence-electron chi connectivity index (χ2n) is 9.28. The van der Waals surface area contributed by atoms with Crippen LogP contribution in [0.15, 0.2) is 67.8 Å². The highest BCUT2D eigenvalue weighted by atomic mass is 32.2. The monoisotopic (exact) mass is 553 g/mol. The average Bonchev–Trinajstić information content (AvgIpc) is 3.43. The van der Waals surface area contributed by atoms with E-state index in [0.29, 0.717) is 28.9 Å². The molecule has 2 aliphatic heterocycles. The number of aryl methyl sites for hydroxylation is 2. The molecule has 0 saturated carbocycles. The lowest BCUT2D eigenvalue weighted by molar-refractivity contribution is -0.122. The number of thioether (sulfide) groups is 1. The molecule has 0 bridgehead atoms. The first kappa shape index (κ1) is 25.7. The first-order chi connectivity index (χ1) is 17.7. The number of carbonyl (C=O) groups excluding carboxylic acids is 1. The van der Waals surface area contributed by atoms with Crippen LogP contribution in [-0.2, 0) is 21.2 Å². The van der Waals surface area contributed by atoms with Crippen LogP contribution in [0.25, 0.3) is 6.08 Å². The predicted octanol–water partition coefficient (Wildman–Crippen LogP) is 5.52. The standard InChI is InChI=1S/C27H27N3O4S3/c1-18-6-10-20(11-7-18)17-30-25(31)22(36-27(30)35)16-23-28-24(26(34-23)29-14-4-3-5-15-29)37(32,33)21-12-8-19(2)9-13-21/h6-13,16H,3-5,14-15,17H2,1-2H3. The summed E-state index contributed by atoms with van der Waals surface area (Å²) >= 11 is 6.64. The number of piperidine rings is 1. The number of oxazole rings is 1. The Morgan fingerprint density at radius 2 is 1.62 bits per heavy atom. The highest BCUT2D eigenvalue weighted by molar-refractivity contribution is 8.26. The molecule has 2 aromatic carbocycles. The molecule has 2 aliphatic rings. The number of anilines is 1. The van der Waals surface area contributed by atoms with Crippen molar-refractivity contribution in [3.05, 3.63) is 76.0 Å². The number of amides is 1. The Bertz CT molecular complexity index is 1470. The summed E-state index contributed by atoms with van der Waals surface area (Å²) in [6.45, 7) is 5.64. The van der Waals surface area contributed by atoms with E-state index >= 15 is 0 Å². The highest BCUT2D eigenvalue weighted by Gasteiger charge is 2.35. The third kappa shape index (κ3) is 5.37. The number of carbonyl (C=O) groups is 1. The molecule has 7 nitrogen and oxygen atoms in total. The van der Waals surface area contributed by atoms with Crippen molar-refractivity contribution in [2.24, 2.45) is 0 Å². The molecule has 0 N–H and O–H groups in total. The number of sulfone groups is 1. The molecule has 1 aromatic heterocycles. The number of hydrogen-bond donors (Lipinski definition) is 0. The lowest BCUT2D eigenvalue weighted by atomic mass is 10.1. The molecular weight excluding hydrogens is 527 g/mol. The first-order valence-electron chi connectivity index (χ1n) is 12.1. The first-order valence-corrected chi connectivity index (χ1v) is 14.8. The van der Waals surface area contributed by atoms with Crippen LogP contribution in [0.2, 0.25) is 0 Å². The van der Waals surface area contributed by atoms with Gasteiger partial charge >= 0.3 is 0 Å². The molecule has 0 atom stereocenters. The SMILES string of the molecule is Cc1ccc(CN2C(=O)C(=Cc3nc(S(=O)(=O)c4ccc(C)cc4)c(N4CCCCC4)o3)SC2=S)cc1. The fourth-order valence-electron chi connectivity index (χ4n) is 4.30. The Balaban J connectivity index is 1.48. The van der Waals surface area contributed by atoms with Crippen molar-refractivity contribution < 1.29 is 17.6 Å². The summed E-state index contributed by atoms with van der Waals surface area (Å²) in [4.78, 5) is 21.6. The topological polar surface area (TPSA) is 83.7 Å². The van der Waals surface area contributed by atoms with Crippen molar-refractivity contribution in [2.75, 3.05) is 18.0 Å². The molecule has 37 heavy (non-hydrogen) atoms. The minimum absolute atomic E-state index is 0.0714. The van der Waals surface area contributed by atoms with Crippen molar-refractivity contribution in [3.63, 3.8) is 0 Å². The van der Waals surface area contributed by atoms with Gasteiger partial charge in [0.15, 0.2) is 0 Å². The fraction of sp³-hybridized carbons (Fsp3) is 0.296. The van der Waals surface area contributed by atoms with Crippen molar-refractivity contribution in [3.8, 4) is 0 Å². The van der Waals surface area contributed by atoms with Crippen LogP contribution in [0.3, 0.4) is 0 Å². The van der Waals surface area contributed by atoms with Gasteiger partial charge in [0.2, 0.25) is 26.6 Å². The number of thiocarbonyl (C=S) groups is 1. The number of hydrogen-bond acceptors (Lipinski definition) is 8. The van der Waals surface area contributed by atoms with Gasteiger partial charge in [-0.05, 0) is 50.8 Å². The Morgan fingerprint density at radius 3 is 2.27 bits per heavy atom. The Kier molecular flexibility index (Phi) is 7.24. The van der Waals surface area contributed by atoms with Crippen molar-refractivity contribution in [2.45, 2.75) is 49.6 Å². The Labute approximate surface area is 226 Å². The molecule has 0 spiro atoms. The Morgan fingerprint density at radius 1 is 1.00 bits per heavy atom. The molecule has 5 rings (SSSR count). The quantitative estimate of drug-likeness (QED) is 0.292. The van der Waals surface area contributed by atoms with Gasteiger partial charge in [-0.1, -0.05) is 71.5 Å². The third-order valence-electron chi connectivity index (χ3n) is 6.41. The summed E-state index contributed by atoms with van der Waals surface area (Å²) in [5.41, 5.74) is 3.07. The van der Waals surface area contributed by atoms with E-state index < -0.39 is 9.84 Å². The van der Waals surface area contributed by atoms with Gasteiger partial charge < -0.3 is 9.32 Å².